The van der Waals surface area contributed by atoms with E-state index in [9.17, 15) is 28.2 Å². The number of aliphatic hydroxyl groups excluding tert-OH is 1. The number of anilines is 1. The van der Waals surface area contributed by atoms with E-state index in [0.29, 0.717) is 11.5 Å². The molecule has 1 aliphatic carbocycles. The highest BCUT2D eigenvalue weighted by Gasteiger charge is 2.55. The highest BCUT2D eigenvalue weighted by Crippen LogP contribution is 2.43. The SMILES string of the molecule is CC(C)n1cnc2c1C(=O)N(CC1CCC(O)(C(F)(F)F)CC1)C(O)N2C. The normalized spacial score (nSPS) is 29.4. The van der Waals surface area contributed by atoms with Crippen molar-refractivity contribution in [2.75, 3.05) is 18.5 Å². The van der Waals surface area contributed by atoms with Crippen LogP contribution in [-0.4, -0.2) is 62.3 Å². The van der Waals surface area contributed by atoms with Gasteiger partial charge in [0.1, 0.15) is 0 Å². The van der Waals surface area contributed by atoms with Crippen molar-refractivity contribution in [3.05, 3.63) is 12.0 Å². The molecular weight excluding hydrogens is 365 g/mol. The maximum Gasteiger partial charge on any atom is 0.417 e. The van der Waals surface area contributed by atoms with Crippen molar-refractivity contribution in [1.29, 1.82) is 0 Å². The van der Waals surface area contributed by atoms with E-state index >= 15 is 0 Å². The molecule has 1 saturated carbocycles. The lowest BCUT2D eigenvalue weighted by molar-refractivity contribution is -0.272. The molecule has 2 N–H and O–H groups in total. The predicted molar refractivity (Wildman–Crippen MR) is 91.0 cm³/mol. The molecule has 1 aliphatic heterocycles. The fraction of sp³-hybridized carbons (Fsp3) is 0.765. The molecule has 10 heteroatoms. The Hall–Kier alpha value is -1.81. The number of aliphatic hydroxyl groups is 2. The minimum absolute atomic E-state index is 0.00726. The Morgan fingerprint density at radius 1 is 1.33 bits per heavy atom. The monoisotopic (exact) mass is 390 g/mol. The topological polar surface area (TPSA) is 81.8 Å². The van der Waals surface area contributed by atoms with E-state index < -0.39 is 36.9 Å². The van der Waals surface area contributed by atoms with Crippen LogP contribution in [0.1, 0.15) is 56.1 Å². The molecule has 1 unspecified atom stereocenters. The quantitative estimate of drug-likeness (QED) is 0.826. The molecule has 1 atom stereocenters. The van der Waals surface area contributed by atoms with E-state index in [2.05, 4.69) is 4.98 Å². The first-order chi connectivity index (χ1) is 12.5. The Bertz CT molecular complexity index is 711. The lowest BCUT2D eigenvalue weighted by atomic mass is 9.78. The predicted octanol–water partition coefficient (Wildman–Crippen LogP) is 2.12. The molecule has 1 amide bonds. The van der Waals surface area contributed by atoms with Gasteiger partial charge in [-0.25, -0.2) is 4.98 Å². The molecular formula is C17H25F3N4O3. The molecule has 152 valence electrons. The van der Waals surface area contributed by atoms with Gasteiger partial charge in [-0.15, -0.1) is 0 Å². The molecule has 0 radical (unpaired) electrons. The van der Waals surface area contributed by atoms with Gasteiger partial charge in [0.15, 0.2) is 17.1 Å². The molecule has 0 aromatic carbocycles. The number of carbonyl (C=O) groups excluding carboxylic acids is 1. The number of amides is 1. The summed E-state index contributed by atoms with van der Waals surface area (Å²) < 4.78 is 40.6. The third-order valence-corrected chi connectivity index (χ3v) is 5.67. The van der Waals surface area contributed by atoms with Crippen molar-refractivity contribution in [3.63, 3.8) is 0 Å². The number of hydrogen-bond donors (Lipinski definition) is 2. The zero-order valence-corrected chi connectivity index (χ0v) is 15.6. The van der Waals surface area contributed by atoms with Gasteiger partial charge < -0.3 is 19.7 Å². The molecule has 3 rings (SSSR count). The Balaban J connectivity index is 1.76. The highest BCUT2D eigenvalue weighted by atomic mass is 19.4. The average Bonchev–Trinajstić information content (AvgIpc) is 3.03. The summed E-state index contributed by atoms with van der Waals surface area (Å²) in [7, 11) is 1.61. The van der Waals surface area contributed by atoms with Gasteiger partial charge in [0.2, 0.25) is 6.35 Å². The summed E-state index contributed by atoms with van der Waals surface area (Å²) in [6, 6.07) is -0.00726. The number of rotatable bonds is 3. The van der Waals surface area contributed by atoms with E-state index in [1.807, 2.05) is 13.8 Å². The molecule has 2 heterocycles. The summed E-state index contributed by atoms with van der Waals surface area (Å²) in [5.41, 5.74) is -2.30. The van der Waals surface area contributed by atoms with Crippen LogP contribution < -0.4 is 4.90 Å². The van der Waals surface area contributed by atoms with Crippen LogP contribution >= 0.6 is 0 Å². The van der Waals surface area contributed by atoms with Gasteiger partial charge in [0, 0.05) is 19.6 Å². The lowest BCUT2D eigenvalue weighted by Gasteiger charge is -2.43. The van der Waals surface area contributed by atoms with Crippen LogP contribution in [0.5, 0.6) is 0 Å². The van der Waals surface area contributed by atoms with Gasteiger partial charge in [-0.1, -0.05) is 0 Å². The Morgan fingerprint density at radius 3 is 2.44 bits per heavy atom. The zero-order valence-electron chi connectivity index (χ0n) is 15.6. The number of carbonyl (C=O) groups is 1. The van der Waals surface area contributed by atoms with Gasteiger partial charge in [-0.2, -0.15) is 13.2 Å². The molecule has 0 bridgehead atoms. The van der Waals surface area contributed by atoms with Crippen molar-refractivity contribution in [3.8, 4) is 0 Å². The summed E-state index contributed by atoms with van der Waals surface area (Å²) in [4.78, 5) is 19.9. The highest BCUT2D eigenvalue weighted by molar-refractivity contribution is 5.99. The second-order valence-corrected chi connectivity index (χ2v) is 7.81. The maximum atomic E-state index is 13.0. The van der Waals surface area contributed by atoms with E-state index in [-0.39, 0.29) is 31.3 Å². The van der Waals surface area contributed by atoms with Gasteiger partial charge >= 0.3 is 6.18 Å². The van der Waals surface area contributed by atoms with Crippen molar-refractivity contribution in [2.24, 2.45) is 5.92 Å². The van der Waals surface area contributed by atoms with E-state index in [0.717, 1.165) is 0 Å². The number of alkyl halides is 3. The first kappa shape index (κ1) is 19.9. The van der Waals surface area contributed by atoms with Crippen LogP contribution in [-0.2, 0) is 0 Å². The Kier molecular flexibility index (Phi) is 4.92. The largest absolute Gasteiger partial charge is 0.417 e. The van der Waals surface area contributed by atoms with Crippen LogP contribution in [0.2, 0.25) is 0 Å². The second-order valence-electron chi connectivity index (χ2n) is 7.81. The third kappa shape index (κ3) is 3.29. The van der Waals surface area contributed by atoms with Gasteiger partial charge in [-0.05, 0) is 45.4 Å². The molecule has 1 fully saturated rings. The third-order valence-electron chi connectivity index (χ3n) is 5.67. The number of aromatic nitrogens is 2. The zero-order chi connectivity index (χ0) is 20.1. The Morgan fingerprint density at radius 2 is 1.93 bits per heavy atom. The summed E-state index contributed by atoms with van der Waals surface area (Å²) in [5, 5.41) is 20.3. The smallest absolute Gasteiger partial charge is 0.380 e. The van der Waals surface area contributed by atoms with E-state index in [1.54, 1.807) is 17.9 Å². The fourth-order valence-electron chi connectivity index (χ4n) is 3.84. The van der Waals surface area contributed by atoms with Crippen LogP contribution in [0.4, 0.5) is 19.0 Å². The van der Waals surface area contributed by atoms with Crippen LogP contribution in [0.15, 0.2) is 6.33 Å². The molecule has 1 aromatic heterocycles. The number of halogens is 3. The summed E-state index contributed by atoms with van der Waals surface area (Å²) in [6.45, 7) is 3.94. The first-order valence-corrected chi connectivity index (χ1v) is 9.04. The molecule has 2 aliphatic rings. The lowest BCUT2D eigenvalue weighted by Crippen LogP contribution is -2.56. The van der Waals surface area contributed by atoms with Crippen molar-refractivity contribution in [1.82, 2.24) is 14.5 Å². The summed E-state index contributed by atoms with van der Waals surface area (Å²) in [6.07, 6.45) is -4.88. The molecule has 0 saturated heterocycles. The second kappa shape index (κ2) is 6.66. The molecule has 27 heavy (non-hydrogen) atoms. The molecule has 0 spiro atoms. The first-order valence-electron chi connectivity index (χ1n) is 9.04. The van der Waals surface area contributed by atoms with Gasteiger partial charge in [0.05, 0.1) is 6.33 Å². The van der Waals surface area contributed by atoms with E-state index in [1.165, 1.54) is 9.80 Å². The van der Waals surface area contributed by atoms with Gasteiger partial charge in [-0.3, -0.25) is 9.69 Å². The number of fused-ring (bicyclic) bond motifs is 1. The summed E-state index contributed by atoms with van der Waals surface area (Å²) in [5.74, 6) is -0.234. The average molecular weight is 390 g/mol. The maximum absolute atomic E-state index is 13.0. The number of imidazole rings is 1. The van der Waals surface area contributed by atoms with Crippen molar-refractivity contribution < 1.29 is 28.2 Å². The molecule has 1 aromatic rings. The van der Waals surface area contributed by atoms with Crippen LogP contribution in [0.25, 0.3) is 0 Å². The van der Waals surface area contributed by atoms with Crippen molar-refractivity contribution in [2.45, 2.75) is 63.7 Å². The van der Waals surface area contributed by atoms with Crippen LogP contribution in [0.3, 0.4) is 0 Å². The fourth-order valence-corrected chi connectivity index (χ4v) is 3.84. The minimum atomic E-state index is -4.66. The van der Waals surface area contributed by atoms with Gasteiger partial charge in [0.25, 0.3) is 5.91 Å². The molecule has 7 nitrogen and oxygen atoms in total. The Labute approximate surface area is 155 Å². The number of nitrogens with zero attached hydrogens (tertiary/aromatic N) is 4. The van der Waals surface area contributed by atoms with E-state index in [4.69, 9.17) is 0 Å². The van der Waals surface area contributed by atoms with Crippen molar-refractivity contribution >= 4 is 11.7 Å². The standard InChI is InChI=1S/C17H25F3N4O3/c1-10(2)24-9-21-13-12(24)14(25)23(15(26)22(13)3)8-11-4-6-16(27,7-5-11)17(18,19)20/h9-11,15,26-27H,4-8H2,1-3H3. The summed E-state index contributed by atoms with van der Waals surface area (Å²) >= 11 is 0. The number of hydrogen-bond acceptors (Lipinski definition) is 5. The minimum Gasteiger partial charge on any atom is -0.380 e. The van der Waals surface area contributed by atoms with Crippen LogP contribution in [0, 0.1) is 5.92 Å².